The van der Waals surface area contributed by atoms with Crippen molar-refractivity contribution in [2.45, 2.75) is 6.54 Å². The minimum atomic E-state index is 0.623. The summed E-state index contributed by atoms with van der Waals surface area (Å²) in [5.41, 5.74) is 0.912. The molecular formula is C11H11BrN2OS. The second kappa shape index (κ2) is 5.32. The van der Waals surface area contributed by atoms with Crippen LogP contribution >= 0.6 is 27.3 Å². The first-order chi connectivity index (χ1) is 7.79. The maximum Gasteiger partial charge on any atom is 0.237 e. The fraction of sp³-hybridized carbons (Fsp3) is 0.182. The van der Waals surface area contributed by atoms with Crippen molar-refractivity contribution in [3.63, 3.8) is 0 Å². The summed E-state index contributed by atoms with van der Waals surface area (Å²) in [5.74, 6) is 0.623. The van der Waals surface area contributed by atoms with Crippen molar-refractivity contribution in [3.05, 3.63) is 39.1 Å². The van der Waals surface area contributed by atoms with Gasteiger partial charge in [0.2, 0.25) is 5.88 Å². The van der Waals surface area contributed by atoms with Crippen LogP contribution in [0.3, 0.4) is 0 Å². The van der Waals surface area contributed by atoms with E-state index in [1.807, 2.05) is 12.1 Å². The molecule has 5 heteroatoms. The van der Waals surface area contributed by atoms with Gasteiger partial charge in [0.1, 0.15) is 0 Å². The van der Waals surface area contributed by atoms with Crippen molar-refractivity contribution in [1.29, 1.82) is 0 Å². The maximum absolute atomic E-state index is 5.16. The fourth-order valence-corrected chi connectivity index (χ4v) is 2.71. The molecule has 0 fully saturated rings. The summed E-state index contributed by atoms with van der Waals surface area (Å²) in [6, 6.07) is 5.93. The minimum absolute atomic E-state index is 0.623. The lowest BCUT2D eigenvalue weighted by Crippen LogP contribution is -2.00. The van der Waals surface area contributed by atoms with E-state index < -0.39 is 0 Å². The van der Waals surface area contributed by atoms with Crippen LogP contribution < -0.4 is 10.1 Å². The Morgan fingerprint density at radius 3 is 3.12 bits per heavy atom. The van der Waals surface area contributed by atoms with Crippen molar-refractivity contribution < 1.29 is 4.74 Å². The minimum Gasteiger partial charge on any atom is -0.480 e. The normalized spacial score (nSPS) is 10.1. The zero-order chi connectivity index (χ0) is 11.4. The number of methoxy groups -OCH3 is 1. The lowest BCUT2D eigenvalue weighted by atomic mass is 10.4. The van der Waals surface area contributed by atoms with Gasteiger partial charge >= 0.3 is 0 Å². The van der Waals surface area contributed by atoms with Crippen LogP contribution in [0.4, 0.5) is 5.69 Å². The Bertz CT molecular complexity index is 473. The van der Waals surface area contributed by atoms with Crippen LogP contribution in [-0.2, 0) is 6.54 Å². The summed E-state index contributed by atoms with van der Waals surface area (Å²) in [4.78, 5) is 5.39. The topological polar surface area (TPSA) is 34.1 Å². The van der Waals surface area contributed by atoms with E-state index in [4.69, 9.17) is 4.74 Å². The summed E-state index contributed by atoms with van der Waals surface area (Å²) >= 11 is 5.14. The molecule has 0 unspecified atom stereocenters. The summed E-state index contributed by atoms with van der Waals surface area (Å²) in [5, 5.41) is 5.36. The summed E-state index contributed by atoms with van der Waals surface area (Å²) in [7, 11) is 1.62. The second-order valence-corrected chi connectivity index (χ2v) is 5.06. The van der Waals surface area contributed by atoms with Gasteiger partial charge in [-0.1, -0.05) is 0 Å². The standard InChI is InChI=1S/C11H11BrN2OS/c1-15-11-10(3-2-4-13-11)14-6-9-5-8(12)7-16-9/h2-5,7,14H,6H2,1H3. The van der Waals surface area contributed by atoms with Gasteiger partial charge < -0.3 is 10.1 Å². The molecule has 3 nitrogen and oxygen atoms in total. The second-order valence-electron chi connectivity index (χ2n) is 3.15. The van der Waals surface area contributed by atoms with Crippen molar-refractivity contribution >= 4 is 33.0 Å². The molecule has 0 aliphatic carbocycles. The Labute approximate surface area is 107 Å². The van der Waals surface area contributed by atoms with E-state index in [2.05, 4.69) is 37.7 Å². The van der Waals surface area contributed by atoms with Gasteiger partial charge in [0.15, 0.2) is 0 Å². The van der Waals surface area contributed by atoms with Crippen LogP contribution in [-0.4, -0.2) is 12.1 Å². The molecule has 0 aliphatic rings. The number of hydrogen-bond donors (Lipinski definition) is 1. The fourth-order valence-electron chi connectivity index (χ4n) is 1.32. The summed E-state index contributed by atoms with van der Waals surface area (Å²) in [6.07, 6.45) is 1.71. The van der Waals surface area contributed by atoms with Gasteiger partial charge in [0.25, 0.3) is 0 Å². The zero-order valence-corrected chi connectivity index (χ0v) is 11.1. The van der Waals surface area contributed by atoms with Gasteiger partial charge in [-0.3, -0.25) is 0 Å². The molecule has 0 spiro atoms. The molecule has 0 amide bonds. The number of halogens is 1. The Morgan fingerprint density at radius 2 is 2.44 bits per heavy atom. The molecule has 0 saturated heterocycles. The van der Waals surface area contributed by atoms with Gasteiger partial charge in [-0.05, 0) is 34.1 Å². The lowest BCUT2D eigenvalue weighted by molar-refractivity contribution is 0.399. The van der Waals surface area contributed by atoms with E-state index in [-0.39, 0.29) is 0 Å². The molecule has 2 heterocycles. The van der Waals surface area contributed by atoms with Crippen LogP contribution in [0.5, 0.6) is 5.88 Å². The average Bonchev–Trinajstić information content (AvgIpc) is 2.73. The van der Waals surface area contributed by atoms with Crippen LogP contribution in [0.1, 0.15) is 4.88 Å². The highest BCUT2D eigenvalue weighted by Gasteiger charge is 2.03. The highest BCUT2D eigenvalue weighted by atomic mass is 79.9. The molecule has 0 radical (unpaired) electrons. The number of ether oxygens (including phenoxy) is 1. The smallest absolute Gasteiger partial charge is 0.237 e. The molecule has 1 N–H and O–H groups in total. The number of hydrogen-bond acceptors (Lipinski definition) is 4. The molecule has 0 atom stereocenters. The molecule has 84 valence electrons. The molecule has 0 saturated carbocycles. The number of pyridine rings is 1. The van der Waals surface area contributed by atoms with Crippen LogP contribution in [0, 0.1) is 0 Å². The largest absolute Gasteiger partial charge is 0.480 e. The number of thiophene rings is 1. The van der Waals surface area contributed by atoms with Crippen molar-refractivity contribution in [2.24, 2.45) is 0 Å². The highest BCUT2D eigenvalue weighted by Crippen LogP contribution is 2.23. The number of nitrogens with one attached hydrogen (secondary N) is 1. The first-order valence-corrected chi connectivity index (χ1v) is 6.42. The van der Waals surface area contributed by atoms with E-state index >= 15 is 0 Å². The maximum atomic E-state index is 5.16. The number of aromatic nitrogens is 1. The molecule has 2 rings (SSSR count). The van der Waals surface area contributed by atoms with E-state index in [9.17, 15) is 0 Å². The predicted molar refractivity (Wildman–Crippen MR) is 70.1 cm³/mol. The molecule has 0 aromatic carbocycles. The Kier molecular flexibility index (Phi) is 3.79. The first-order valence-electron chi connectivity index (χ1n) is 4.75. The van der Waals surface area contributed by atoms with E-state index in [0.717, 1.165) is 16.7 Å². The monoisotopic (exact) mass is 298 g/mol. The number of rotatable bonds is 4. The van der Waals surface area contributed by atoms with Gasteiger partial charge in [0, 0.05) is 27.5 Å². The first kappa shape index (κ1) is 11.4. The highest BCUT2D eigenvalue weighted by molar-refractivity contribution is 9.10. The number of anilines is 1. The van der Waals surface area contributed by atoms with E-state index in [1.165, 1.54) is 4.88 Å². The van der Waals surface area contributed by atoms with Gasteiger partial charge in [-0.2, -0.15) is 0 Å². The SMILES string of the molecule is COc1ncccc1NCc1cc(Br)cs1. The van der Waals surface area contributed by atoms with Crippen LogP contribution in [0.15, 0.2) is 34.2 Å². The molecular weight excluding hydrogens is 288 g/mol. The third-order valence-electron chi connectivity index (χ3n) is 2.04. The Morgan fingerprint density at radius 1 is 1.56 bits per heavy atom. The molecule has 2 aromatic heterocycles. The Balaban J connectivity index is 2.04. The summed E-state index contributed by atoms with van der Waals surface area (Å²) < 4.78 is 6.28. The van der Waals surface area contributed by atoms with E-state index in [0.29, 0.717) is 5.88 Å². The Hall–Kier alpha value is -1.07. The average molecular weight is 299 g/mol. The quantitative estimate of drug-likeness (QED) is 0.938. The van der Waals surface area contributed by atoms with Gasteiger partial charge in [-0.25, -0.2) is 4.98 Å². The molecule has 2 aromatic rings. The van der Waals surface area contributed by atoms with Gasteiger partial charge in [0.05, 0.1) is 12.8 Å². The van der Waals surface area contributed by atoms with Crippen molar-refractivity contribution in [1.82, 2.24) is 4.98 Å². The molecule has 16 heavy (non-hydrogen) atoms. The van der Waals surface area contributed by atoms with Gasteiger partial charge in [-0.15, -0.1) is 11.3 Å². The zero-order valence-electron chi connectivity index (χ0n) is 8.74. The third-order valence-corrected chi connectivity index (χ3v) is 3.74. The lowest BCUT2D eigenvalue weighted by Gasteiger charge is -2.08. The molecule has 0 aliphatic heterocycles. The third kappa shape index (κ3) is 2.74. The van der Waals surface area contributed by atoms with Crippen molar-refractivity contribution in [2.75, 3.05) is 12.4 Å². The van der Waals surface area contributed by atoms with E-state index in [1.54, 1.807) is 24.6 Å². The summed E-state index contributed by atoms with van der Waals surface area (Å²) in [6.45, 7) is 0.776. The number of nitrogens with zero attached hydrogens (tertiary/aromatic N) is 1. The van der Waals surface area contributed by atoms with Crippen LogP contribution in [0.25, 0.3) is 0 Å². The van der Waals surface area contributed by atoms with Crippen molar-refractivity contribution in [3.8, 4) is 5.88 Å². The predicted octanol–water partition coefficient (Wildman–Crippen LogP) is 3.53. The molecule has 0 bridgehead atoms. The van der Waals surface area contributed by atoms with Crippen LogP contribution in [0.2, 0.25) is 0 Å².